The Labute approximate surface area is 173 Å². The molecule has 3 rings (SSSR count). The zero-order valence-corrected chi connectivity index (χ0v) is 17.8. The Balaban J connectivity index is 1.72. The summed E-state index contributed by atoms with van der Waals surface area (Å²) in [5.74, 6) is -0.375. The molecule has 0 aromatic heterocycles. The molecule has 156 valence electrons. The van der Waals surface area contributed by atoms with E-state index in [4.69, 9.17) is 4.74 Å². The number of amides is 3. The van der Waals surface area contributed by atoms with E-state index in [1.165, 1.54) is 12.0 Å². The number of hydrogen-bond donors (Lipinski definition) is 0. The molecule has 0 radical (unpaired) electrons. The van der Waals surface area contributed by atoms with Crippen LogP contribution in [0.3, 0.4) is 0 Å². The molecule has 10 heteroatoms. The van der Waals surface area contributed by atoms with E-state index in [0.717, 1.165) is 16.7 Å². The fourth-order valence-corrected chi connectivity index (χ4v) is 5.97. The van der Waals surface area contributed by atoms with Crippen LogP contribution in [0.25, 0.3) is 6.08 Å². The molecule has 8 nitrogen and oxygen atoms in total. The highest BCUT2D eigenvalue weighted by Gasteiger charge is 2.39. The van der Waals surface area contributed by atoms with E-state index in [0.29, 0.717) is 24.3 Å². The van der Waals surface area contributed by atoms with Gasteiger partial charge >= 0.3 is 0 Å². The Hall–Kier alpha value is -2.33. The Morgan fingerprint density at radius 2 is 2.14 bits per heavy atom. The highest BCUT2D eigenvalue weighted by molar-refractivity contribution is 8.18. The molecule has 2 aliphatic rings. The average Bonchev–Trinajstić information content (AvgIpc) is 3.16. The van der Waals surface area contributed by atoms with Gasteiger partial charge in [-0.15, -0.1) is 0 Å². The van der Waals surface area contributed by atoms with Gasteiger partial charge in [-0.2, -0.15) is 0 Å². The van der Waals surface area contributed by atoms with Gasteiger partial charge in [0.25, 0.3) is 11.1 Å². The maximum atomic E-state index is 12.7. The third kappa shape index (κ3) is 4.81. The Morgan fingerprint density at radius 1 is 1.38 bits per heavy atom. The first-order chi connectivity index (χ1) is 13.7. The number of rotatable bonds is 6. The van der Waals surface area contributed by atoms with Crippen LogP contribution < -0.4 is 4.74 Å². The molecule has 3 amide bonds. The van der Waals surface area contributed by atoms with Crippen molar-refractivity contribution in [1.29, 1.82) is 0 Å². The average molecular weight is 439 g/mol. The molecule has 0 saturated carbocycles. The van der Waals surface area contributed by atoms with Gasteiger partial charge in [0.05, 0.1) is 23.5 Å². The van der Waals surface area contributed by atoms with Crippen molar-refractivity contribution in [1.82, 2.24) is 9.80 Å². The number of nitrogens with zero attached hydrogens (tertiary/aromatic N) is 2. The lowest BCUT2D eigenvalue weighted by Gasteiger charge is -2.28. The predicted molar refractivity (Wildman–Crippen MR) is 110 cm³/mol. The van der Waals surface area contributed by atoms with Gasteiger partial charge in [0, 0.05) is 12.6 Å². The maximum Gasteiger partial charge on any atom is 0.294 e. The van der Waals surface area contributed by atoms with E-state index in [2.05, 4.69) is 0 Å². The third-order valence-corrected chi connectivity index (χ3v) is 7.53. The minimum absolute atomic E-state index is 0.0479. The number of methoxy groups -OCH3 is 1. The molecule has 1 aromatic carbocycles. The Morgan fingerprint density at radius 3 is 2.76 bits per heavy atom. The summed E-state index contributed by atoms with van der Waals surface area (Å²) in [5, 5.41) is -0.521. The predicted octanol–water partition coefficient (Wildman–Crippen LogP) is 1.77. The number of benzene rings is 1. The van der Waals surface area contributed by atoms with Gasteiger partial charge in [-0.05, 0) is 48.9 Å². The van der Waals surface area contributed by atoms with Crippen LogP contribution in [0, 0.1) is 0 Å². The summed E-state index contributed by atoms with van der Waals surface area (Å²) in [6, 6.07) is 6.64. The molecule has 1 unspecified atom stereocenters. The molecule has 0 spiro atoms. The quantitative estimate of drug-likeness (QED) is 0.624. The summed E-state index contributed by atoms with van der Waals surface area (Å²) in [5.41, 5.74) is 0.701. The maximum absolute atomic E-state index is 12.7. The van der Waals surface area contributed by atoms with E-state index in [9.17, 15) is 22.8 Å². The van der Waals surface area contributed by atoms with E-state index in [1.807, 2.05) is 0 Å². The van der Waals surface area contributed by atoms with Gasteiger partial charge in [-0.1, -0.05) is 12.1 Å². The van der Waals surface area contributed by atoms with E-state index in [-0.39, 0.29) is 16.4 Å². The zero-order valence-electron chi connectivity index (χ0n) is 16.2. The molecule has 1 aromatic rings. The summed E-state index contributed by atoms with van der Waals surface area (Å²) in [6.45, 7) is 1.67. The monoisotopic (exact) mass is 438 g/mol. The number of thioether (sulfide) groups is 1. The second-order valence-electron chi connectivity index (χ2n) is 6.78. The standard InChI is InChI=1S/C19H22N2O6S2/c1-3-20(14-7-8-29(25,26)12-14)17(22)11-21-18(23)16(28-19(21)24)10-13-5-4-6-15(9-13)27-2/h4-6,9-10,14H,3,7-8,11-12H2,1-2H3/b16-10+. The summed E-state index contributed by atoms with van der Waals surface area (Å²) < 4.78 is 28.6. The number of likely N-dealkylation sites (N-methyl/N-ethyl adjacent to an activating group) is 1. The minimum Gasteiger partial charge on any atom is -0.497 e. The lowest BCUT2D eigenvalue weighted by molar-refractivity contribution is -0.137. The fourth-order valence-electron chi connectivity index (χ4n) is 3.40. The van der Waals surface area contributed by atoms with Crippen LogP contribution >= 0.6 is 11.8 Å². The van der Waals surface area contributed by atoms with Crippen LogP contribution in [0.5, 0.6) is 5.75 Å². The molecule has 29 heavy (non-hydrogen) atoms. The first-order valence-corrected chi connectivity index (χ1v) is 11.8. The van der Waals surface area contributed by atoms with Crippen LogP contribution in [0.15, 0.2) is 29.2 Å². The van der Waals surface area contributed by atoms with Crippen molar-refractivity contribution in [3.05, 3.63) is 34.7 Å². The first kappa shape index (κ1) is 21.4. The molecule has 0 bridgehead atoms. The number of carbonyl (C=O) groups is 3. The van der Waals surface area contributed by atoms with Crippen molar-refractivity contribution in [2.24, 2.45) is 0 Å². The molecule has 2 saturated heterocycles. The van der Waals surface area contributed by atoms with Crippen molar-refractivity contribution in [2.45, 2.75) is 19.4 Å². The first-order valence-electron chi connectivity index (χ1n) is 9.13. The van der Waals surface area contributed by atoms with Crippen molar-refractivity contribution in [2.75, 3.05) is 31.7 Å². The number of imide groups is 1. The van der Waals surface area contributed by atoms with Crippen molar-refractivity contribution in [3.8, 4) is 5.75 Å². The second-order valence-corrected chi connectivity index (χ2v) is 10.0. The van der Waals surface area contributed by atoms with Gasteiger partial charge in [0.15, 0.2) is 9.84 Å². The molecule has 2 aliphatic heterocycles. The van der Waals surface area contributed by atoms with Crippen LogP contribution in [0.2, 0.25) is 0 Å². The highest BCUT2D eigenvalue weighted by atomic mass is 32.2. The normalized spacial score (nSPS) is 22.3. The topological polar surface area (TPSA) is 101 Å². The third-order valence-electron chi connectivity index (χ3n) is 4.87. The van der Waals surface area contributed by atoms with Gasteiger partial charge in [0.2, 0.25) is 5.91 Å². The Bertz CT molecular complexity index is 973. The molecular formula is C19H22N2O6S2. The van der Waals surface area contributed by atoms with E-state index >= 15 is 0 Å². The summed E-state index contributed by atoms with van der Waals surface area (Å²) in [6.07, 6.45) is 1.96. The SMILES string of the molecule is CCN(C(=O)CN1C(=O)S/C(=C/c2cccc(OC)c2)C1=O)C1CCS(=O)(=O)C1. The second kappa shape index (κ2) is 8.58. The van der Waals surface area contributed by atoms with Gasteiger partial charge < -0.3 is 9.64 Å². The Kier molecular flexibility index (Phi) is 6.33. The summed E-state index contributed by atoms with van der Waals surface area (Å²) in [7, 11) is -1.61. The molecule has 2 heterocycles. The molecular weight excluding hydrogens is 416 g/mol. The minimum atomic E-state index is -3.15. The molecule has 2 fully saturated rings. The van der Waals surface area contributed by atoms with Gasteiger partial charge in [-0.25, -0.2) is 8.42 Å². The van der Waals surface area contributed by atoms with Gasteiger partial charge in [-0.3, -0.25) is 19.3 Å². The zero-order chi connectivity index (χ0) is 21.2. The van der Waals surface area contributed by atoms with E-state index < -0.39 is 39.5 Å². The van der Waals surface area contributed by atoms with Crippen molar-refractivity contribution >= 4 is 44.7 Å². The van der Waals surface area contributed by atoms with Crippen LogP contribution in [-0.4, -0.2) is 73.0 Å². The van der Waals surface area contributed by atoms with Crippen molar-refractivity contribution in [3.63, 3.8) is 0 Å². The lowest BCUT2D eigenvalue weighted by atomic mass is 10.2. The number of ether oxygens (including phenoxy) is 1. The molecule has 0 aliphatic carbocycles. The smallest absolute Gasteiger partial charge is 0.294 e. The largest absolute Gasteiger partial charge is 0.497 e. The number of carbonyl (C=O) groups excluding carboxylic acids is 3. The summed E-state index contributed by atoms with van der Waals surface area (Å²) >= 11 is 0.774. The van der Waals surface area contributed by atoms with E-state index in [1.54, 1.807) is 37.3 Å². The molecule has 1 atom stereocenters. The highest BCUT2D eigenvalue weighted by Crippen LogP contribution is 2.32. The van der Waals surface area contributed by atoms with Crippen molar-refractivity contribution < 1.29 is 27.5 Å². The van der Waals surface area contributed by atoms with Crippen LogP contribution in [0.1, 0.15) is 18.9 Å². The van der Waals surface area contributed by atoms with Crippen LogP contribution in [-0.2, 0) is 19.4 Å². The lowest BCUT2D eigenvalue weighted by Crippen LogP contribution is -2.47. The van der Waals surface area contributed by atoms with Crippen LogP contribution in [0.4, 0.5) is 4.79 Å². The number of hydrogen-bond acceptors (Lipinski definition) is 7. The summed E-state index contributed by atoms with van der Waals surface area (Å²) in [4.78, 5) is 40.3. The molecule has 0 N–H and O–H groups in total. The van der Waals surface area contributed by atoms with Gasteiger partial charge in [0.1, 0.15) is 12.3 Å². The number of sulfone groups is 1. The fraction of sp³-hybridized carbons (Fsp3) is 0.421.